The van der Waals surface area contributed by atoms with Crippen LogP contribution in [-0.4, -0.2) is 55.0 Å². The highest BCUT2D eigenvalue weighted by Gasteiger charge is 2.20. The second-order valence-electron chi connectivity index (χ2n) is 6.34. The lowest BCUT2D eigenvalue weighted by Crippen LogP contribution is -2.48. The van der Waals surface area contributed by atoms with Crippen LogP contribution in [0.2, 0.25) is 5.02 Å². The predicted octanol–water partition coefficient (Wildman–Crippen LogP) is 2.80. The fourth-order valence-electron chi connectivity index (χ4n) is 3.13. The minimum Gasteiger partial charge on any atom is -0.369 e. The quantitative estimate of drug-likeness (QED) is 0.608. The molecule has 2 aromatic carbocycles. The number of amides is 1. The molecule has 7 nitrogen and oxygen atoms in total. The summed E-state index contributed by atoms with van der Waals surface area (Å²) in [4.78, 5) is 27.3. The van der Waals surface area contributed by atoms with Gasteiger partial charge >= 0.3 is 0 Å². The van der Waals surface area contributed by atoms with Crippen molar-refractivity contribution in [3.8, 4) is 0 Å². The Kier molecular flexibility index (Phi) is 6.26. The molecule has 1 amide bonds. The lowest BCUT2D eigenvalue weighted by Gasteiger charge is -2.36. The third-order valence-electron chi connectivity index (χ3n) is 4.62. The van der Waals surface area contributed by atoms with Gasteiger partial charge in [0.25, 0.3) is 11.6 Å². The summed E-state index contributed by atoms with van der Waals surface area (Å²) in [5.41, 5.74) is 1.07. The monoisotopic (exact) mass is 388 g/mol. The molecular formula is C19H21ClN4O3. The Labute approximate surface area is 162 Å². The molecule has 2 aromatic rings. The number of hydrogen-bond acceptors (Lipinski definition) is 5. The number of nitrogens with one attached hydrogen (secondary N) is 1. The average molecular weight is 389 g/mol. The third-order valence-corrected chi connectivity index (χ3v) is 4.88. The van der Waals surface area contributed by atoms with E-state index in [1.54, 1.807) is 12.1 Å². The van der Waals surface area contributed by atoms with Gasteiger partial charge in [-0.05, 0) is 30.3 Å². The van der Waals surface area contributed by atoms with Gasteiger partial charge in [0.2, 0.25) is 0 Å². The highest BCUT2D eigenvalue weighted by Crippen LogP contribution is 2.19. The van der Waals surface area contributed by atoms with Crippen molar-refractivity contribution in [3.63, 3.8) is 0 Å². The Bertz CT molecular complexity index is 805. The van der Waals surface area contributed by atoms with Crippen LogP contribution in [0, 0.1) is 10.1 Å². The van der Waals surface area contributed by atoms with Gasteiger partial charge in [0.05, 0.1) is 4.92 Å². The number of hydrogen-bond donors (Lipinski definition) is 1. The second-order valence-corrected chi connectivity index (χ2v) is 6.77. The maximum absolute atomic E-state index is 12.2. The third kappa shape index (κ3) is 4.96. The molecule has 1 saturated heterocycles. The van der Waals surface area contributed by atoms with Crippen LogP contribution in [0.4, 0.5) is 11.4 Å². The molecule has 3 rings (SSSR count). The van der Waals surface area contributed by atoms with Crippen molar-refractivity contribution in [1.29, 1.82) is 0 Å². The van der Waals surface area contributed by atoms with Gasteiger partial charge in [-0.1, -0.05) is 23.7 Å². The number of anilines is 1. The number of piperazine rings is 1. The Morgan fingerprint density at radius 2 is 1.74 bits per heavy atom. The summed E-state index contributed by atoms with van der Waals surface area (Å²) in [6, 6.07) is 13.8. The van der Waals surface area contributed by atoms with E-state index in [-0.39, 0.29) is 11.3 Å². The van der Waals surface area contributed by atoms with Gasteiger partial charge in [0.15, 0.2) is 0 Å². The molecule has 0 aromatic heterocycles. The molecule has 142 valence electrons. The summed E-state index contributed by atoms with van der Waals surface area (Å²) in [7, 11) is 0. The van der Waals surface area contributed by atoms with Crippen molar-refractivity contribution in [2.45, 2.75) is 0 Å². The van der Waals surface area contributed by atoms with Gasteiger partial charge in [-0.3, -0.25) is 19.8 Å². The van der Waals surface area contributed by atoms with E-state index in [4.69, 9.17) is 11.6 Å². The maximum atomic E-state index is 12.2. The van der Waals surface area contributed by atoms with E-state index in [9.17, 15) is 14.9 Å². The molecule has 0 bridgehead atoms. The van der Waals surface area contributed by atoms with Crippen molar-refractivity contribution in [2.75, 3.05) is 44.2 Å². The van der Waals surface area contributed by atoms with Crippen molar-refractivity contribution in [2.24, 2.45) is 0 Å². The number of para-hydroxylation sites is 1. The Morgan fingerprint density at radius 1 is 1.07 bits per heavy atom. The number of nitrogens with zero attached hydrogens (tertiary/aromatic N) is 3. The summed E-state index contributed by atoms with van der Waals surface area (Å²) in [5, 5.41) is 14.5. The molecule has 0 aliphatic carbocycles. The molecule has 1 fully saturated rings. The van der Waals surface area contributed by atoms with E-state index in [0.29, 0.717) is 13.1 Å². The minimum absolute atomic E-state index is 0.0926. The number of carbonyl (C=O) groups excluding carboxylic acids is 1. The van der Waals surface area contributed by atoms with E-state index >= 15 is 0 Å². The maximum Gasteiger partial charge on any atom is 0.282 e. The molecular weight excluding hydrogens is 368 g/mol. The van der Waals surface area contributed by atoms with E-state index in [2.05, 4.69) is 15.1 Å². The van der Waals surface area contributed by atoms with Gasteiger partial charge < -0.3 is 10.2 Å². The summed E-state index contributed by atoms with van der Waals surface area (Å²) < 4.78 is 0. The molecule has 1 aliphatic heterocycles. The molecule has 0 saturated carbocycles. The lowest BCUT2D eigenvalue weighted by molar-refractivity contribution is -0.385. The zero-order chi connectivity index (χ0) is 19.2. The number of halogens is 1. The fraction of sp³-hybridized carbons (Fsp3) is 0.316. The first-order valence-corrected chi connectivity index (χ1v) is 9.17. The first-order valence-electron chi connectivity index (χ1n) is 8.79. The number of rotatable bonds is 6. The van der Waals surface area contributed by atoms with Gasteiger partial charge in [0, 0.05) is 56.0 Å². The van der Waals surface area contributed by atoms with Crippen molar-refractivity contribution >= 4 is 28.9 Å². The Hall–Kier alpha value is -2.64. The molecule has 1 N–H and O–H groups in total. The van der Waals surface area contributed by atoms with Crippen LogP contribution in [0.5, 0.6) is 0 Å². The van der Waals surface area contributed by atoms with Crippen LogP contribution in [0.1, 0.15) is 10.4 Å². The molecule has 8 heteroatoms. The first kappa shape index (κ1) is 19.1. The van der Waals surface area contributed by atoms with E-state index in [0.717, 1.165) is 36.9 Å². The van der Waals surface area contributed by atoms with Crippen molar-refractivity contribution < 1.29 is 9.72 Å². The second kappa shape index (κ2) is 8.83. The van der Waals surface area contributed by atoms with E-state index < -0.39 is 10.8 Å². The van der Waals surface area contributed by atoms with Crippen LogP contribution >= 0.6 is 11.6 Å². The summed E-state index contributed by atoms with van der Waals surface area (Å²) in [6.45, 7) is 4.75. The van der Waals surface area contributed by atoms with Gasteiger partial charge in [-0.2, -0.15) is 0 Å². The summed E-state index contributed by atoms with van der Waals surface area (Å²) >= 11 is 5.93. The normalized spacial score (nSPS) is 14.8. The zero-order valence-electron chi connectivity index (χ0n) is 14.8. The molecule has 0 spiro atoms. The van der Waals surface area contributed by atoms with Crippen LogP contribution in [0.3, 0.4) is 0 Å². The van der Waals surface area contributed by atoms with Crippen LogP contribution in [0.25, 0.3) is 0 Å². The molecule has 0 radical (unpaired) electrons. The SMILES string of the molecule is O=C(NCCN1CCN(c2ccc(Cl)cc2)CC1)c1ccccc1[N+](=O)[O-]. The van der Waals surface area contributed by atoms with Gasteiger partial charge in [0.1, 0.15) is 5.56 Å². The molecule has 1 heterocycles. The number of nitro groups is 1. The van der Waals surface area contributed by atoms with E-state index in [1.807, 2.05) is 24.3 Å². The van der Waals surface area contributed by atoms with Crippen LogP contribution < -0.4 is 10.2 Å². The number of nitro benzene ring substituents is 1. The van der Waals surface area contributed by atoms with Crippen LogP contribution in [0.15, 0.2) is 48.5 Å². The Balaban J connectivity index is 1.45. The predicted molar refractivity (Wildman–Crippen MR) is 106 cm³/mol. The highest BCUT2D eigenvalue weighted by molar-refractivity contribution is 6.30. The van der Waals surface area contributed by atoms with Gasteiger partial charge in [-0.25, -0.2) is 0 Å². The number of benzene rings is 2. The average Bonchev–Trinajstić information content (AvgIpc) is 2.69. The minimum atomic E-state index is -0.537. The zero-order valence-corrected chi connectivity index (χ0v) is 15.6. The summed E-state index contributed by atoms with van der Waals surface area (Å²) in [5.74, 6) is -0.415. The van der Waals surface area contributed by atoms with Gasteiger partial charge in [-0.15, -0.1) is 0 Å². The summed E-state index contributed by atoms with van der Waals surface area (Å²) in [6.07, 6.45) is 0. The topological polar surface area (TPSA) is 78.7 Å². The Morgan fingerprint density at radius 3 is 2.41 bits per heavy atom. The molecule has 0 atom stereocenters. The molecule has 0 unspecified atom stereocenters. The number of carbonyl (C=O) groups is 1. The molecule has 27 heavy (non-hydrogen) atoms. The lowest BCUT2D eigenvalue weighted by atomic mass is 10.1. The standard InChI is InChI=1S/C19H21ClN4O3/c20-15-5-7-16(8-6-15)23-13-11-22(12-14-23)10-9-21-19(25)17-3-1-2-4-18(17)24(26)27/h1-8H,9-14H2,(H,21,25). The molecule has 1 aliphatic rings. The van der Waals surface area contributed by atoms with Crippen molar-refractivity contribution in [3.05, 3.63) is 69.2 Å². The first-order chi connectivity index (χ1) is 13.0. The van der Waals surface area contributed by atoms with Crippen LogP contribution in [-0.2, 0) is 0 Å². The van der Waals surface area contributed by atoms with Crippen molar-refractivity contribution in [1.82, 2.24) is 10.2 Å². The largest absolute Gasteiger partial charge is 0.369 e. The highest BCUT2D eigenvalue weighted by atomic mass is 35.5. The smallest absolute Gasteiger partial charge is 0.282 e. The van der Waals surface area contributed by atoms with E-state index in [1.165, 1.54) is 12.1 Å². The fourth-order valence-corrected chi connectivity index (χ4v) is 3.26.